The quantitative estimate of drug-likeness (QED) is 0.896. The van der Waals surface area contributed by atoms with Crippen molar-refractivity contribution in [2.75, 3.05) is 20.1 Å². The number of aryl methyl sites for hydroxylation is 1. The molecule has 1 aromatic heterocycles. The van der Waals surface area contributed by atoms with E-state index in [2.05, 4.69) is 10.5 Å². The molecule has 1 saturated heterocycles. The molecule has 128 valence electrons. The van der Waals surface area contributed by atoms with Crippen LogP contribution in [-0.2, 0) is 0 Å². The molecule has 1 fully saturated rings. The molecule has 1 amide bonds. The first-order chi connectivity index (χ1) is 11.5. The van der Waals surface area contributed by atoms with Crippen LogP contribution in [0.5, 0.6) is 0 Å². The molecule has 0 spiro atoms. The number of nitrogens with zero attached hydrogens (tertiary/aromatic N) is 2. The highest BCUT2D eigenvalue weighted by Crippen LogP contribution is 2.37. The molecule has 1 atom stereocenters. The lowest BCUT2D eigenvalue weighted by molar-refractivity contribution is 0.0697. The Balaban J connectivity index is 2.00. The van der Waals surface area contributed by atoms with Crippen LogP contribution in [0.1, 0.15) is 29.0 Å². The van der Waals surface area contributed by atoms with Crippen LogP contribution in [0.3, 0.4) is 0 Å². The SMILES string of the molecule is CNC1CCCN(C(=O)c2c(-c3c(Cl)cccc3Cl)noc2C)C1. The largest absolute Gasteiger partial charge is 0.360 e. The minimum atomic E-state index is -0.0975. The maximum atomic E-state index is 13.1. The first-order valence-corrected chi connectivity index (χ1v) is 8.65. The Bertz CT molecular complexity index is 740. The lowest BCUT2D eigenvalue weighted by atomic mass is 10.0. The molecule has 2 heterocycles. The number of carbonyl (C=O) groups is 1. The van der Waals surface area contributed by atoms with Gasteiger partial charge in [0.05, 0.1) is 10.0 Å². The number of rotatable bonds is 3. The van der Waals surface area contributed by atoms with Gasteiger partial charge in [0, 0.05) is 24.7 Å². The molecule has 24 heavy (non-hydrogen) atoms. The minimum Gasteiger partial charge on any atom is -0.360 e. The molecule has 1 N–H and O–H groups in total. The van der Waals surface area contributed by atoms with E-state index in [9.17, 15) is 4.79 Å². The summed E-state index contributed by atoms with van der Waals surface area (Å²) in [4.78, 5) is 14.9. The van der Waals surface area contributed by atoms with Gasteiger partial charge in [0.15, 0.2) is 0 Å². The lowest BCUT2D eigenvalue weighted by Crippen LogP contribution is -2.47. The number of likely N-dealkylation sites (N-methyl/N-ethyl adjacent to an activating group) is 1. The predicted octanol–water partition coefficient (Wildman–Crippen LogP) is 3.78. The Kier molecular flexibility index (Phi) is 5.13. The van der Waals surface area contributed by atoms with Crippen molar-refractivity contribution in [3.63, 3.8) is 0 Å². The van der Waals surface area contributed by atoms with Crippen LogP contribution < -0.4 is 5.32 Å². The highest BCUT2D eigenvalue weighted by molar-refractivity contribution is 6.39. The Labute approximate surface area is 150 Å². The van der Waals surface area contributed by atoms with Gasteiger partial charge in [0.25, 0.3) is 5.91 Å². The maximum Gasteiger partial charge on any atom is 0.259 e. The molecular formula is C17H19Cl2N3O2. The van der Waals surface area contributed by atoms with Crippen LogP contribution in [0, 0.1) is 6.92 Å². The summed E-state index contributed by atoms with van der Waals surface area (Å²) in [7, 11) is 1.91. The fourth-order valence-corrected chi connectivity index (χ4v) is 3.65. The van der Waals surface area contributed by atoms with Gasteiger partial charge in [-0.05, 0) is 38.9 Å². The van der Waals surface area contributed by atoms with Crippen molar-refractivity contribution in [2.24, 2.45) is 0 Å². The van der Waals surface area contributed by atoms with Gasteiger partial charge in [-0.3, -0.25) is 4.79 Å². The number of halogens is 2. The van der Waals surface area contributed by atoms with Crippen LogP contribution in [0.25, 0.3) is 11.3 Å². The zero-order valence-electron chi connectivity index (χ0n) is 13.6. The molecular weight excluding hydrogens is 349 g/mol. The standard InChI is InChI=1S/C17H19Cl2N3O2/c1-10-14(17(23)22-8-4-5-11(9-22)20-2)16(21-24-10)15-12(18)6-3-7-13(15)19/h3,6-7,11,20H,4-5,8-9H2,1-2H3. The topological polar surface area (TPSA) is 58.4 Å². The van der Waals surface area contributed by atoms with Gasteiger partial charge in [-0.15, -0.1) is 0 Å². The molecule has 2 aromatic rings. The van der Waals surface area contributed by atoms with E-state index in [1.54, 1.807) is 25.1 Å². The molecule has 1 aliphatic rings. The minimum absolute atomic E-state index is 0.0975. The van der Waals surface area contributed by atoms with Crippen molar-refractivity contribution in [3.05, 3.63) is 39.6 Å². The molecule has 1 aliphatic heterocycles. The van der Waals surface area contributed by atoms with E-state index in [-0.39, 0.29) is 5.91 Å². The monoisotopic (exact) mass is 367 g/mol. The fourth-order valence-electron chi connectivity index (χ4n) is 3.07. The average Bonchev–Trinajstić information content (AvgIpc) is 2.95. The summed E-state index contributed by atoms with van der Waals surface area (Å²) in [6, 6.07) is 5.50. The van der Waals surface area contributed by atoms with Gasteiger partial charge in [0.2, 0.25) is 0 Å². The number of nitrogens with one attached hydrogen (secondary N) is 1. The number of benzene rings is 1. The third kappa shape index (κ3) is 3.16. The van der Waals surface area contributed by atoms with E-state index >= 15 is 0 Å². The van der Waals surface area contributed by atoms with Crippen LogP contribution in [0.4, 0.5) is 0 Å². The molecule has 5 nitrogen and oxygen atoms in total. The number of amides is 1. The highest BCUT2D eigenvalue weighted by atomic mass is 35.5. The Morgan fingerprint density at radius 2 is 2.08 bits per heavy atom. The predicted molar refractivity (Wildman–Crippen MR) is 94.7 cm³/mol. The van der Waals surface area contributed by atoms with Gasteiger partial charge in [-0.25, -0.2) is 0 Å². The number of piperidine rings is 1. The first-order valence-electron chi connectivity index (χ1n) is 7.90. The summed E-state index contributed by atoms with van der Waals surface area (Å²) in [5.74, 6) is 0.372. The van der Waals surface area contributed by atoms with E-state index in [0.29, 0.717) is 45.2 Å². The maximum absolute atomic E-state index is 13.1. The second kappa shape index (κ2) is 7.13. The van der Waals surface area contributed by atoms with Crippen molar-refractivity contribution in [2.45, 2.75) is 25.8 Å². The Morgan fingerprint density at radius 3 is 2.75 bits per heavy atom. The third-order valence-electron chi connectivity index (χ3n) is 4.39. The number of hydrogen-bond acceptors (Lipinski definition) is 4. The molecule has 0 bridgehead atoms. The second-order valence-corrected chi connectivity index (χ2v) is 6.75. The molecule has 7 heteroatoms. The van der Waals surface area contributed by atoms with Crippen molar-refractivity contribution in [1.82, 2.24) is 15.4 Å². The Morgan fingerprint density at radius 1 is 1.38 bits per heavy atom. The fraction of sp³-hybridized carbons (Fsp3) is 0.412. The summed E-state index contributed by atoms with van der Waals surface area (Å²) in [5, 5.41) is 8.18. The second-order valence-electron chi connectivity index (χ2n) is 5.94. The number of aromatic nitrogens is 1. The van der Waals surface area contributed by atoms with E-state index < -0.39 is 0 Å². The van der Waals surface area contributed by atoms with Crippen molar-refractivity contribution in [3.8, 4) is 11.3 Å². The normalized spacial score (nSPS) is 18.0. The van der Waals surface area contributed by atoms with Crippen LogP contribution in [0.15, 0.2) is 22.7 Å². The molecule has 0 saturated carbocycles. The summed E-state index contributed by atoms with van der Waals surface area (Å²) >= 11 is 12.6. The van der Waals surface area contributed by atoms with Crippen LogP contribution >= 0.6 is 23.2 Å². The molecule has 0 radical (unpaired) electrons. The van der Waals surface area contributed by atoms with Crippen molar-refractivity contribution in [1.29, 1.82) is 0 Å². The van der Waals surface area contributed by atoms with E-state index in [1.165, 1.54) is 0 Å². The number of likely N-dealkylation sites (tertiary alicyclic amines) is 1. The zero-order chi connectivity index (χ0) is 17.3. The van der Waals surface area contributed by atoms with Crippen LogP contribution in [0.2, 0.25) is 10.0 Å². The zero-order valence-corrected chi connectivity index (χ0v) is 15.1. The van der Waals surface area contributed by atoms with E-state index in [1.807, 2.05) is 11.9 Å². The van der Waals surface area contributed by atoms with Crippen LogP contribution in [-0.4, -0.2) is 42.1 Å². The first kappa shape index (κ1) is 17.3. The van der Waals surface area contributed by atoms with E-state index in [0.717, 1.165) is 19.4 Å². The summed E-state index contributed by atoms with van der Waals surface area (Å²) < 4.78 is 5.29. The average molecular weight is 368 g/mol. The summed E-state index contributed by atoms with van der Waals surface area (Å²) in [6.45, 7) is 3.11. The third-order valence-corrected chi connectivity index (χ3v) is 5.02. The molecule has 3 rings (SSSR count). The lowest BCUT2D eigenvalue weighted by Gasteiger charge is -2.32. The molecule has 0 aliphatic carbocycles. The van der Waals surface area contributed by atoms with Gasteiger partial charge < -0.3 is 14.7 Å². The highest BCUT2D eigenvalue weighted by Gasteiger charge is 2.30. The van der Waals surface area contributed by atoms with Gasteiger partial charge in [-0.2, -0.15) is 0 Å². The van der Waals surface area contributed by atoms with Gasteiger partial charge >= 0.3 is 0 Å². The number of hydrogen-bond donors (Lipinski definition) is 1. The van der Waals surface area contributed by atoms with Crippen molar-refractivity contribution >= 4 is 29.1 Å². The van der Waals surface area contributed by atoms with Crippen molar-refractivity contribution < 1.29 is 9.32 Å². The number of carbonyl (C=O) groups excluding carboxylic acids is 1. The molecule has 1 unspecified atom stereocenters. The molecule has 1 aromatic carbocycles. The smallest absolute Gasteiger partial charge is 0.259 e. The van der Waals surface area contributed by atoms with E-state index in [4.69, 9.17) is 27.7 Å². The summed E-state index contributed by atoms with van der Waals surface area (Å²) in [6.07, 6.45) is 2.02. The Hall–Kier alpha value is -1.56. The summed E-state index contributed by atoms with van der Waals surface area (Å²) in [5.41, 5.74) is 1.37. The van der Waals surface area contributed by atoms with Gasteiger partial charge in [0.1, 0.15) is 17.0 Å². The van der Waals surface area contributed by atoms with Gasteiger partial charge in [-0.1, -0.05) is 34.4 Å².